The quantitative estimate of drug-likeness (QED) is 0.914. The molecule has 2 aromatic rings. The van der Waals surface area contributed by atoms with Gasteiger partial charge in [0, 0.05) is 19.3 Å². The van der Waals surface area contributed by atoms with E-state index in [1.807, 2.05) is 11.5 Å². The highest BCUT2D eigenvalue weighted by Gasteiger charge is 2.30. The second-order valence-corrected chi connectivity index (χ2v) is 4.49. The molecule has 0 aliphatic rings. The molecule has 108 valence electrons. The Morgan fingerprint density at radius 1 is 1.30 bits per heavy atom. The van der Waals surface area contributed by atoms with Crippen LogP contribution in [0.1, 0.15) is 23.7 Å². The molecule has 1 N–H and O–H groups in total. The van der Waals surface area contributed by atoms with Crippen LogP contribution in [-0.2, 0) is 19.3 Å². The maximum atomic E-state index is 12.7. The number of nitrogens with one attached hydrogen (secondary N) is 1. The van der Waals surface area contributed by atoms with Crippen LogP contribution in [0.4, 0.5) is 13.2 Å². The third kappa shape index (κ3) is 3.60. The lowest BCUT2D eigenvalue weighted by Gasteiger charge is -2.11. The Balaban J connectivity index is 2.16. The van der Waals surface area contributed by atoms with E-state index in [4.69, 9.17) is 0 Å². The molecule has 1 aromatic carbocycles. The monoisotopic (exact) mass is 283 g/mol. The van der Waals surface area contributed by atoms with Crippen LogP contribution in [0.15, 0.2) is 36.8 Å². The van der Waals surface area contributed by atoms with E-state index in [2.05, 4.69) is 10.3 Å². The van der Waals surface area contributed by atoms with Gasteiger partial charge >= 0.3 is 6.18 Å². The van der Waals surface area contributed by atoms with Crippen molar-refractivity contribution in [1.82, 2.24) is 14.9 Å². The van der Waals surface area contributed by atoms with E-state index in [0.29, 0.717) is 18.7 Å². The molecule has 0 saturated carbocycles. The summed E-state index contributed by atoms with van der Waals surface area (Å²) in [6.45, 7) is 3.85. The summed E-state index contributed by atoms with van der Waals surface area (Å²) >= 11 is 0. The molecule has 0 atom stereocenters. The predicted molar refractivity (Wildman–Crippen MR) is 70.2 cm³/mol. The maximum absolute atomic E-state index is 12.7. The Kier molecular flexibility index (Phi) is 4.44. The van der Waals surface area contributed by atoms with E-state index >= 15 is 0 Å². The van der Waals surface area contributed by atoms with Gasteiger partial charge in [-0.2, -0.15) is 13.2 Å². The first-order chi connectivity index (χ1) is 9.50. The van der Waals surface area contributed by atoms with Gasteiger partial charge in [0.15, 0.2) is 0 Å². The second kappa shape index (κ2) is 6.09. The molecule has 0 aliphatic heterocycles. The van der Waals surface area contributed by atoms with Crippen LogP contribution in [0.5, 0.6) is 0 Å². The van der Waals surface area contributed by atoms with E-state index in [1.54, 1.807) is 18.6 Å². The lowest BCUT2D eigenvalue weighted by molar-refractivity contribution is -0.137. The normalized spacial score (nSPS) is 11.8. The Bertz CT molecular complexity index is 561. The van der Waals surface area contributed by atoms with Gasteiger partial charge in [-0.25, -0.2) is 4.98 Å². The molecule has 3 nitrogen and oxygen atoms in total. The van der Waals surface area contributed by atoms with Crippen LogP contribution in [0, 0.1) is 0 Å². The van der Waals surface area contributed by atoms with E-state index in [9.17, 15) is 13.2 Å². The molecule has 0 radical (unpaired) electrons. The average Bonchev–Trinajstić information content (AvgIpc) is 2.83. The number of hydrogen-bond donors (Lipinski definition) is 1. The Morgan fingerprint density at radius 2 is 2.10 bits per heavy atom. The number of imidazole rings is 1. The zero-order valence-electron chi connectivity index (χ0n) is 11.1. The smallest absolute Gasteiger partial charge is 0.329 e. The molecule has 0 saturated heterocycles. The molecular weight excluding hydrogens is 267 g/mol. The lowest BCUT2D eigenvalue weighted by Crippen LogP contribution is -2.15. The number of alkyl halides is 3. The van der Waals surface area contributed by atoms with Crippen molar-refractivity contribution >= 4 is 0 Å². The fraction of sp³-hybridized carbons (Fsp3) is 0.357. The molecule has 0 spiro atoms. The summed E-state index contributed by atoms with van der Waals surface area (Å²) in [5.41, 5.74) is 0.934. The minimum Gasteiger partial charge on any atom is -0.329 e. The molecule has 0 unspecified atom stereocenters. The SMILES string of the molecule is CCNCc1cncn1Cc1cccc(C(F)(F)F)c1. The maximum Gasteiger partial charge on any atom is 0.416 e. The van der Waals surface area contributed by atoms with Crippen LogP contribution in [-0.4, -0.2) is 16.1 Å². The number of rotatable bonds is 5. The van der Waals surface area contributed by atoms with Crippen molar-refractivity contribution < 1.29 is 13.2 Å². The van der Waals surface area contributed by atoms with Crippen molar-refractivity contribution in [2.24, 2.45) is 0 Å². The van der Waals surface area contributed by atoms with Gasteiger partial charge in [-0.1, -0.05) is 19.1 Å². The average molecular weight is 283 g/mol. The zero-order chi connectivity index (χ0) is 14.6. The minimum absolute atomic E-state index is 0.380. The van der Waals surface area contributed by atoms with Crippen molar-refractivity contribution in [3.05, 3.63) is 53.6 Å². The fourth-order valence-electron chi connectivity index (χ4n) is 1.93. The number of hydrogen-bond acceptors (Lipinski definition) is 2. The molecular formula is C14H16F3N3. The summed E-state index contributed by atoms with van der Waals surface area (Å²) in [6.07, 6.45) is -0.958. The third-order valence-electron chi connectivity index (χ3n) is 2.96. The van der Waals surface area contributed by atoms with Crippen molar-refractivity contribution in [2.45, 2.75) is 26.2 Å². The van der Waals surface area contributed by atoms with Crippen LogP contribution >= 0.6 is 0 Å². The van der Waals surface area contributed by atoms with Crippen LogP contribution in [0.25, 0.3) is 0 Å². The first kappa shape index (κ1) is 14.6. The van der Waals surface area contributed by atoms with Gasteiger partial charge < -0.3 is 9.88 Å². The summed E-state index contributed by atoms with van der Waals surface area (Å²) in [6, 6.07) is 5.37. The molecule has 0 aliphatic carbocycles. The third-order valence-corrected chi connectivity index (χ3v) is 2.96. The van der Waals surface area contributed by atoms with E-state index in [-0.39, 0.29) is 0 Å². The predicted octanol–water partition coefficient (Wildman–Crippen LogP) is 3.06. The van der Waals surface area contributed by atoms with Crippen molar-refractivity contribution in [2.75, 3.05) is 6.54 Å². The Labute approximate surface area is 115 Å². The molecule has 0 amide bonds. The molecule has 0 bridgehead atoms. The highest BCUT2D eigenvalue weighted by atomic mass is 19.4. The van der Waals surface area contributed by atoms with E-state index in [0.717, 1.165) is 18.3 Å². The number of halogens is 3. The Hall–Kier alpha value is -1.82. The lowest BCUT2D eigenvalue weighted by atomic mass is 10.1. The minimum atomic E-state index is -4.31. The van der Waals surface area contributed by atoms with Gasteiger partial charge in [0.05, 0.1) is 17.6 Å². The van der Waals surface area contributed by atoms with Crippen LogP contribution < -0.4 is 5.32 Å². The molecule has 2 rings (SSSR count). The summed E-state index contributed by atoms with van der Waals surface area (Å²) in [5.74, 6) is 0. The van der Waals surface area contributed by atoms with Gasteiger partial charge in [0.25, 0.3) is 0 Å². The molecule has 0 fully saturated rings. The molecule has 6 heteroatoms. The number of benzene rings is 1. The van der Waals surface area contributed by atoms with E-state index in [1.165, 1.54) is 12.1 Å². The standard InChI is InChI=1S/C14H16F3N3/c1-2-18-7-13-8-19-10-20(13)9-11-4-3-5-12(6-11)14(15,16)17/h3-6,8,10,18H,2,7,9H2,1H3. The van der Waals surface area contributed by atoms with Gasteiger partial charge in [-0.05, 0) is 24.2 Å². The largest absolute Gasteiger partial charge is 0.416 e. The first-order valence-electron chi connectivity index (χ1n) is 6.36. The van der Waals surface area contributed by atoms with Gasteiger partial charge in [-0.3, -0.25) is 0 Å². The summed E-state index contributed by atoms with van der Waals surface area (Å²) in [7, 11) is 0. The molecule has 1 aromatic heterocycles. The number of aromatic nitrogens is 2. The fourth-order valence-corrected chi connectivity index (χ4v) is 1.93. The number of nitrogens with zero attached hydrogens (tertiary/aromatic N) is 2. The highest BCUT2D eigenvalue weighted by molar-refractivity contribution is 5.26. The molecule has 1 heterocycles. The van der Waals surface area contributed by atoms with Crippen molar-refractivity contribution in [1.29, 1.82) is 0 Å². The van der Waals surface area contributed by atoms with Crippen molar-refractivity contribution in [3.63, 3.8) is 0 Å². The zero-order valence-corrected chi connectivity index (χ0v) is 11.1. The van der Waals surface area contributed by atoms with Gasteiger partial charge in [-0.15, -0.1) is 0 Å². The summed E-state index contributed by atoms with van der Waals surface area (Å²) in [4.78, 5) is 4.04. The highest BCUT2D eigenvalue weighted by Crippen LogP contribution is 2.29. The molecule has 20 heavy (non-hydrogen) atoms. The van der Waals surface area contributed by atoms with Crippen LogP contribution in [0.2, 0.25) is 0 Å². The van der Waals surface area contributed by atoms with Gasteiger partial charge in [0.2, 0.25) is 0 Å². The Morgan fingerprint density at radius 3 is 2.80 bits per heavy atom. The van der Waals surface area contributed by atoms with E-state index < -0.39 is 11.7 Å². The van der Waals surface area contributed by atoms with Gasteiger partial charge in [0.1, 0.15) is 0 Å². The summed E-state index contributed by atoms with van der Waals surface area (Å²) in [5, 5.41) is 3.17. The van der Waals surface area contributed by atoms with Crippen molar-refractivity contribution in [3.8, 4) is 0 Å². The van der Waals surface area contributed by atoms with Crippen LogP contribution in [0.3, 0.4) is 0 Å². The second-order valence-electron chi connectivity index (χ2n) is 4.49. The summed E-state index contributed by atoms with van der Waals surface area (Å²) < 4.78 is 39.8. The topological polar surface area (TPSA) is 29.9 Å². The first-order valence-corrected chi connectivity index (χ1v) is 6.36.